The average Bonchev–Trinajstić information content (AvgIpc) is 2.78. The lowest BCUT2D eigenvalue weighted by Gasteiger charge is -2.44. The van der Waals surface area contributed by atoms with Gasteiger partial charge in [0.05, 0.1) is 12.5 Å². The van der Waals surface area contributed by atoms with Crippen molar-refractivity contribution in [2.24, 2.45) is 5.92 Å². The van der Waals surface area contributed by atoms with Crippen molar-refractivity contribution >= 4 is 24.7 Å². The third-order valence-electron chi connectivity index (χ3n) is 5.81. The van der Waals surface area contributed by atoms with Crippen LogP contribution in [-0.2, 0) is 23.4 Å². The number of methoxy groups -OCH3 is 2. The van der Waals surface area contributed by atoms with Crippen LogP contribution in [0.4, 0.5) is 0 Å². The van der Waals surface area contributed by atoms with Crippen LogP contribution >= 0.6 is 0 Å². The van der Waals surface area contributed by atoms with E-state index in [0.29, 0.717) is 0 Å². The molecule has 0 fully saturated rings. The van der Waals surface area contributed by atoms with E-state index in [4.69, 9.17) is 18.6 Å². The lowest BCUT2D eigenvalue weighted by molar-refractivity contribution is -0.168. The van der Waals surface area contributed by atoms with Crippen LogP contribution in [0, 0.1) is 5.92 Å². The van der Waals surface area contributed by atoms with Crippen LogP contribution in [0.2, 0.25) is 5.04 Å². The van der Waals surface area contributed by atoms with Gasteiger partial charge in [-0.05, 0) is 22.3 Å². The van der Waals surface area contributed by atoms with E-state index in [-0.39, 0.29) is 18.4 Å². The summed E-state index contributed by atoms with van der Waals surface area (Å²) in [7, 11) is 0.274. The second-order valence-corrected chi connectivity index (χ2v) is 13.2. The molecule has 0 radical (unpaired) electrons. The van der Waals surface area contributed by atoms with Gasteiger partial charge < -0.3 is 23.7 Å². The Labute approximate surface area is 192 Å². The molecule has 0 spiro atoms. The van der Waals surface area contributed by atoms with Crippen LogP contribution in [0.3, 0.4) is 0 Å². The van der Waals surface area contributed by atoms with Gasteiger partial charge in [0, 0.05) is 14.2 Å². The number of hydrogen-bond acceptors (Lipinski definition) is 5. The number of ether oxygens (including phenoxy) is 3. The Balaban J connectivity index is 2.50. The Morgan fingerprint density at radius 1 is 0.969 bits per heavy atom. The predicted molar refractivity (Wildman–Crippen MR) is 128 cm³/mol. The average molecular weight is 461 g/mol. The minimum absolute atomic E-state index is 0.0264. The Bertz CT molecular complexity index is 782. The van der Waals surface area contributed by atoms with Gasteiger partial charge in [0.1, 0.15) is 19.0 Å². The van der Waals surface area contributed by atoms with Crippen molar-refractivity contribution in [3.05, 3.63) is 60.7 Å². The summed E-state index contributed by atoms with van der Waals surface area (Å²) >= 11 is 0. The molecule has 0 bridgehead atoms. The molecule has 176 valence electrons. The van der Waals surface area contributed by atoms with Crippen molar-refractivity contribution in [2.45, 2.75) is 44.9 Å². The highest BCUT2D eigenvalue weighted by molar-refractivity contribution is 6.99. The summed E-state index contributed by atoms with van der Waals surface area (Å²) in [4.78, 5) is 11.7. The third kappa shape index (κ3) is 5.85. The van der Waals surface area contributed by atoms with Gasteiger partial charge in [0.25, 0.3) is 8.32 Å². The molecule has 0 aromatic heterocycles. The molecule has 0 aliphatic rings. The summed E-state index contributed by atoms with van der Waals surface area (Å²) < 4.78 is 23.4. The van der Waals surface area contributed by atoms with E-state index in [2.05, 4.69) is 45.0 Å². The van der Waals surface area contributed by atoms with Crippen LogP contribution in [0.5, 0.6) is 0 Å². The largest absolute Gasteiger partial charge is 0.481 e. The smallest absolute Gasteiger partial charge is 0.308 e. The maximum atomic E-state index is 11.7. The molecule has 2 aromatic carbocycles. The molecule has 1 N–H and O–H groups in total. The van der Waals surface area contributed by atoms with Gasteiger partial charge >= 0.3 is 5.97 Å². The van der Waals surface area contributed by atoms with Gasteiger partial charge in [-0.2, -0.15) is 0 Å². The van der Waals surface area contributed by atoms with E-state index in [0.717, 1.165) is 10.4 Å². The molecule has 3 atom stereocenters. The molecule has 0 heterocycles. The first-order valence-electron chi connectivity index (χ1n) is 10.8. The summed E-state index contributed by atoms with van der Waals surface area (Å²) in [6.45, 7) is 8.36. The first-order valence-corrected chi connectivity index (χ1v) is 12.7. The second kappa shape index (κ2) is 11.7. The fourth-order valence-electron chi connectivity index (χ4n) is 4.13. The van der Waals surface area contributed by atoms with Gasteiger partial charge in [-0.25, -0.2) is 0 Å². The third-order valence-corrected chi connectivity index (χ3v) is 10.8. The van der Waals surface area contributed by atoms with Crippen molar-refractivity contribution in [3.8, 4) is 0 Å². The first-order chi connectivity index (χ1) is 15.2. The lowest BCUT2D eigenvalue weighted by Crippen LogP contribution is -2.67. The van der Waals surface area contributed by atoms with Gasteiger partial charge in [-0.1, -0.05) is 81.4 Å². The fraction of sp³-hybridized carbons (Fsp3) is 0.480. The van der Waals surface area contributed by atoms with Gasteiger partial charge in [-0.15, -0.1) is 0 Å². The van der Waals surface area contributed by atoms with E-state index < -0.39 is 32.4 Å². The summed E-state index contributed by atoms with van der Waals surface area (Å²) in [5.74, 6) is -1.75. The number of carbonyl (C=O) groups is 1. The number of rotatable bonds is 12. The van der Waals surface area contributed by atoms with Crippen molar-refractivity contribution in [3.63, 3.8) is 0 Å². The topological polar surface area (TPSA) is 74.2 Å². The van der Waals surface area contributed by atoms with Gasteiger partial charge in [0.15, 0.2) is 0 Å². The Morgan fingerprint density at radius 2 is 1.47 bits per heavy atom. The highest BCUT2D eigenvalue weighted by atomic mass is 28.4. The number of benzene rings is 2. The lowest BCUT2D eigenvalue weighted by atomic mass is 10.00. The van der Waals surface area contributed by atoms with E-state index in [9.17, 15) is 9.90 Å². The van der Waals surface area contributed by atoms with Gasteiger partial charge in [-0.3, -0.25) is 4.79 Å². The van der Waals surface area contributed by atoms with Crippen LogP contribution < -0.4 is 10.4 Å². The zero-order valence-electron chi connectivity index (χ0n) is 19.9. The van der Waals surface area contributed by atoms with Crippen LogP contribution in [0.25, 0.3) is 0 Å². The molecular formula is C25H36O6Si. The van der Waals surface area contributed by atoms with E-state index in [1.54, 1.807) is 14.0 Å². The molecule has 0 saturated heterocycles. The molecule has 0 aliphatic heterocycles. The number of carboxylic acids is 1. The minimum atomic E-state index is -2.78. The van der Waals surface area contributed by atoms with Crippen molar-refractivity contribution < 1.29 is 28.5 Å². The SMILES string of the molecule is COCO[C@H]([C@H](CO[Si](c1ccccc1)(c1ccccc1)C(C)(C)C)OC)[C@H](C)C(=O)O. The first kappa shape index (κ1) is 26.2. The molecular weight excluding hydrogens is 424 g/mol. The quantitative estimate of drug-likeness (QED) is 0.387. The molecule has 6 nitrogen and oxygen atoms in total. The maximum Gasteiger partial charge on any atom is 0.308 e. The van der Waals surface area contributed by atoms with Crippen LogP contribution in [0.15, 0.2) is 60.7 Å². The van der Waals surface area contributed by atoms with Crippen molar-refractivity contribution in [1.29, 1.82) is 0 Å². The van der Waals surface area contributed by atoms with E-state index >= 15 is 0 Å². The number of hydrogen-bond donors (Lipinski definition) is 1. The van der Waals surface area contributed by atoms with Crippen LogP contribution in [0.1, 0.15) is 27.7 Å². The highest BCUT2D eigenvalue weighted by Gasteiger charge is 2.51. The normalized spacial score (nSPS) is 15.2. The number of carboxylic acid groups (broad SMARTS) is 1. The standard InChI is InChI=1S/C25H36O6Si/c1-19(24(26)27)23(30-18-28-5)22(29-6)17-31-32(25(2,3)4,20-13-9-7-10-14-20)21-15-11-8-12-16-21/h7-16,19,22-23H,17-18H2,1-6H3,(H,26,27)/t19-,22-,23-/m0/s1. The molecule has 7 heteroatoms. The molecule has 0 unspecified atom stereocenters. The van der Waals surface area contributed by atoms with Crippen molar-refractivity contribution in [2.75, 3.05) is 27.6 Å². The Morgan fingerprint density at radius 3 is 1.84 bits per heavy atom. The maximum absolute atomic E-state index is 11.7. The second-order valence-electron chi connectivity index (χ2n) is 8.91. The zero-order valence-corrected chi connectivity index (χ0v) is 20.9. The minimum Gasteiger partial charge on any atom is -0.481 e. The predicted octanol–water partition coefficient (Wildman–Crippen LogP) is 3.29. The molecule has 2 rings (SSSR count). The summed E-state index contributed by atoms with van der Waals surface area (Å²) in [5.41, 5.74) is 0. The Hall–Kier alpha value is -2.03. The fourth-order valence-corrected chi connectivity index (χ4v) is 8.70. The van der Waals surface area contributed by atoms with Gasteiger partial charge in [0.2, 0.25) is 0 Å². The monoisotopic (exact) mass is 460 g/mol. The zero-order chi connectivity index (χ0) is 23.8. The summed E-state index contributed by atoms with van der Waals surface area (Å²) in [6, 6.07) is 20.6. The highest BCUT2D eigenvalue weighted by Crippen LogP contribution is 2.37. The van der Waals surface area contributed by atoms with E-state index in [1.807, 2.05) is 36.4 Å². The number of aliphatic carboxylic acids is 1. The van der Waals surface area contributed by atoms with Crippen LogP contribution in [-0.4, -0.2) is 59.2 Å². The molecule has 0 aliphatic carbocycles. The molecule has 0 saturated carbocycles. The molecule has 2 aromatic rings. The summed E-state index contributed by atoms with van der Waals surface area (Å²) in [6.07, 6.45) is -1.31. The van der Waals surface area contributed by atoms with Crippen molar-refractivity contribution in [1.82, 2.24) is 0 Å². The molecule has 32 heavy (non-hydrogen) atoms. The Kier molecular flexibility index (Phi) is 9.60. The van der Waals surface area contributed by atoms with E-state index in [1.165, 1.54) is 7.11 Å². The molecule has 0 amide bonds. The summed E-state index contributed by atoms with van der Waals surface area (Å²) in [5, 5.41) is 11.7.